The first-order chi connectivity index (χ1) is 4.18. The molecule has 0 aromatic rings. The molecule has 0 saturated carbocycles. The van der Waals surface area contributed by atoms with E-state index in [4.69, 9.17) is 17.3 Å². The average Bonchev–Trinajstić information content (AvgIpc) is 1.67. The van der Waals surface area contributed by atoms with Crippen LogP contribution in [0.2, 0.25) is 0 Å². The maximum absolute atomic E-state index is 9.46. The lowest BCUT2D eigenvalue weighted by molar-refractivity contribution is 0.627. The highest BCUT2D eigenvalue weighted by Crippen LogP contribution is 1.59. The molecule has 0 fully saturated rings. The summed E-state index contributed by atoms with van der Waals surface area (Å²) in [5, 5.41) is 0.986. The number of halogens is 1. The van der Waals surface area contributed by atoms with Gasteiger partial charge in [0.05, 0.1) is 0 Å². The first-order valence-corrected chi connectivity index (χ1v) is 4.03. The van der Waals surface area contributed by atoms with Crippen LogP contribution in [0.1, 0.15) is 6.92 Å². The van der Waals surface area contributed by atoms with Gasteiger partial charge in [-0.1, -0.05) is 6.92 Å². The summed E-state index contributed by atoms with van der Waals surface area (Å²) in [6.07, 6.45) is 0. The predicted octanol–water partition coefficient (Wildman–Crippen LogP) is -0.128. The number of hydrogen-bond donors (Lipinski definition) is 1. The van der Waals surface area contributed by atoms with Gasteiger partial charge in [0.25, 0.3) is 0 Å². The fourth-order valence-electron chi connectivity index (χ4n) is 0.0786. The smallest absolute Gasteiger partial charge is 0.211 e. The van der Waals surface area contributed by atoms with Crippen LogP contribution in [0.5, 0.6) is 0 Å². The van der Waals surface area contributed by atoms with Crippen molar-refractivity contribution in [1.29, 1.82) is 0 Å². The summed E-state index contributed by atoms with van der Waals surface area (Å²) >= 11 is 5.00. The Labute approximate surface area is 61.3 Å². The zero-order valence-electron chi connectivity index (χ0n) is 5.17. The molecule has 0 bridgehead atoms. The maximum atomic E-state index is 9.46. The molecule has 0 unspecified atom stereocenters. The lowest BCUT2D eigenvalue weighted by Gasteiger charge is -1.60. The van der Waals surface area contributed by atoms with Gasteiger partial charge in [0, 0.05) is 17.8 Å². The van der Waals surface area contributed by atoms with Crippen molar-refractivity contribution < 1.29 is 8.42 Å². The normalized spacial score (nSPS) is 7.00. The Bertz CT molecular complexity index is 144. The fraction of sp³-hybridized carbons (Fsp3) is 0.750. The third-order valence-electron chi connectivity index (χ3n) is 0.232. The van der Waals surface area contributed by atoms with Gasteiger partial charge in [0.2, 0.25) is 10.3 Å². The van der Waals surface area contributed by atoms with Crippen molar-refractivity contribution >= 4 is 27.3 Å². The van der Waals surface area contributed by atoms with Crippen LogP contribution in [0.3, 0.4) is 0 Å². The molecule has 0 spiro atoms. The second kappa shape index (κ2) is 10.8. The monoisotopic (exact) mass is 171 g/mol. The lowest BCUT2D eigenvalue weighted by Crippen LogP contribution is -1.98. The molecule has 0 amide bonds. The van der Waals surface area contributed by atoms with E-state index in [2.05, 4.69) is 0 Å². The molecule has 9 heavy (non-hydrogen) atoms. The molecule has 2 N–H and O–H groups in total. The van der Waals surface area contributed by atoms with Gasteiger partial charge in [-0.15, -0.1) is 11.6 Å². The minimum Gasteiger partial charge on any atom is -0.326 e. The van der Waals surface area contributed by atoms with Crippen LogP contribution in [-0.2, 0) is 10.3 Å². The SMILES string of the molecule is CCCl.NCC=S(=O)=O. The standard InChI is InChI=1S/C2H5Cl.C2H5NO2S/c1-2-3;3-1-2-6(4)5/h2H2,1H3;2H,1,3H2. The highest BCUT2D eigenvalue weighted by atomic mass is 35.5. The summed E-state index contributed by atoms with van der Waals surface area (Å²) in [4.78, 5) is 0. The van der Waals surface area contributed by atoms with E-state index in [1.54, 1.807) is 0 Å². The Morgan fingerprint density at radius 3 is 2.00 bits per heavy atom. The van der Waals surface area contributed by atoms with Gasteiger partial charge in [-0.3, -0.25) is 0 Å². The van der Waals surface area contributed by atoms with Gasteiger partial charge in [0.15, 0.2) is 0 Å². The third kappa shape index (κ3) is 32.4. The van der Waals surface area contributed by atoms with E-state index >= 15 is 0 Å². The van der Waals surface area contributed by atoms with Crippen LogP contribution >= 0.6 is 11.6 Å². The molecular formula is C4H10ClNO2S. The van der Waals surface area contributed by atoms with Gasteiger partial charge < -0.3 is 5.73 Å². The molecule has 0 aromatic carbocycles. The average molecular weight is 172 g/mol. The largest absolute Gasteiger partial charge is 0.326 e. The van der Waals surface area contributed by atoms with Crippen molar-refractivity contribution in [2.45, 2.75) is 6.92 Å². The molecule has 0 rings (SSSR count). The van der Waals surface area contributed by atoms with Crippen LogP contribution in [0.25, 0.3) is 0 Å². The van der Waals surface area contributed by atoms with Crippen LogP contribution in [0.4, 0.5) is 0 Å². The molecule has 0 saturated heterocycles. The quantitative estimate of drug-likeness (QED) is 0.442. The highest BCUT2D eigenvalue weighted by Gasteiger charge is 1.60. The zero-order chi connectivity index (χ0) is 7.70. The Balaban J connectivity index is 0. The molecule has 0 aliphatic carbocycles. The summed E-state index contributed by atoms with van der Waals surface area (Å²) < 4.78 is 18.9. The van der Waals surface area contributed by atoms with Crippen molar-refractivity contribution in [3.05, 3.63) is 0 Å². The van der Waals surface area contributed by atoms with Crippen LogP contribution in [-0.4, -0.2) is 26.2 Å². The number of rotatable bonds is 1. The maximum Gasteiger partial charge on any atom is 0.211 e. The van der Waals surface area contributed by atoms with E-state index in [0.29, 0.717) is 0 Å². The highest BCUT2D eigenvalue weighted by molar-refractivity contribution is 7.71. The minimum atomic E-state index is -2.07. The molecule has 0 heterocycles. The molecule has 56 valence electrons. The summed E-state index contributed by atoms with van der Waals surface area (Å²) in [6, 6.07) is 0. The van der Waals surface area contributed by atoms with E-state index in [0.717, 1.165) is 11.2 Å². The van der Waals surface area contributed by atoms with Gasteiger partial charge >= 0.3 is 0 Å². The number of alkyl halides is 1. The van der Waals surface area contributed by atoms with Crippen molar-refractivity contribution in [3.63, 3.8) is 0 Å². The lowest BCUT2D eigenvalue weighted by atomic mass is 10.8. The molecular weight excluding hydrogens is 162 g/mol. The van der Waals surface area contributed by atoms with E-state index in [1.807, 2.05) is 6.92 Å². The first kappa shape index (κ1) is 11.7. The van der Waals surface area contributed by atoms with Gasteiger partial charge in [-0.2, -0.15) is 8.42 Å². The molecule has 3 nitrogen and oxygen atoms in total. The van der Waals surface area contributed by atoms with E-state index in [1.165, 1.54) is 0 Å². The Morgan fingerprint density at radius 2 is 2.00 bits per heavy atom. The number of hydrogen-bond acceptors (Lipinski definition) is 3. The minimum absolute atomic E-state index is 0.0934. The first-order valence-electron chi connectivity index (χ1n) is 2.36. The second-order valence-corrected chi connectivity index (χ2v) is 2.32. The second-order valence-electron chi connectivity index (χ2n) is 0.930. The van der Waals surface area contributed by atoms with Crippen LogP contribution < -0.4 is 5.73 Å². The van der Waals surface area contributed by atoms with Crippen LogP contribution in [0.15, 0.2) is 0 Å². The molecule has 0 aliphatic heterocycles. The van der Waals surface area contributed by atoms with Crippen molar-refractivity contribution in [2.24, 2.45) is 5.73 Å². The van der Waals surface area contributed by atoms with Gasteiger partial charge in [-0.05, 0) is 0 Å². The summed E-state index contributed by atoms with van der Waals surface area (Å²) in [5.74, 6) is 0.722. The van der Waals surface area contributed by atoms with Gasteiger partial charge in [0.1, 0.15) is 0 Å². The zero-order valence-corrected chi connectivity index (χ0v) is 6.74. The van der Waals surface area contributed by atoms with Gasteiger partial charge in [-0.25, -0.2) is 0 Å². The molecule has 0 atom stereocenters. The Hall–Kier alpha value is -0.0600. The summed E-state index contributed by atoms with van der Waals surface area (Å²) in [7, 11) is -2.07. The van der Waals surface area contributed by atoms with E-state index < -0.39 is 10.3 Å². The van der Waals surface area contributed by atoms with Crippen LogP contribution in [0, 0.1) is 0 Å². The van der Waals surface area contributed by atoms with Crippen molar-refractivity contribution in [2.75, 3.05) is 12.4 Å². The van der Waals surface area contributed by atoms with E-state index in [9.17, 15) is 8.42 Å². The van der Waals surface area contributed by atoms with Crippen molar-refractivity contribution in [1.82, 2.24) is 0 Å². The van der Waals surface area contributed by atoms with Crippen molar-refractivity contribution in [3.8, 4) is 0 Å². The third-order valence-corrected chi connectivity index (χ3v) is 0.697. The fourth-order valence-corrected chi connectivity index (χ4v) is 0.236. The molecule has 5 heteroatoms. The topological polar surface area (TPSA) is 60.2 Å². The predicted molar refractivity (Wildman–Crippen MR) is 40.4 cm³/mol. The van der Waals surface area contributed by atoms with E-state index in [-0.39, 0.29) is 6.54 Å². The Morgan fingerprint density at radius 1 is 1.67 bits per heavy atom. The summed E-state index contributed by atoms with van der Waals surface area (Å²) in [6.45, 7) is 1.98. The summed E-state index contributed by atoms with van der Waals surface area (Å²) in [5.41, 5.74) is 4.78. The Kier molecular flexibility index (Phi) is 14.1. The molecule has 0 aliphatic rings. The molecule has 0 aromatic heterocycles. The molecule has 0 radical (unpaired) electrons. The number of nitrogens with two attached hydrogens (primary N) is 1.